The molecule has 90 heavy (non-hydrogen) atoms. The number of hydrogen-bond acceptors (Lipinski definition) is 17. The Hall–Kier alpha value is -8.14. The van der Waals surface area contributed by atoms with Crippen LogP contribution in [0.15, 0.2) is 30.3 Å². The Morgan fingerprint density at radius 2 is 1.30 bits per heavy atom. The van der Waals surface area contributed by atoms with E-state index in [2.05, 4.69) is 53.2 Å². The third-order valence-electron chi connectivity index (χ3n) is 14.3. The maximum absolute atomic E-state index is 14.2. The number of carboxylic acid groups (broad SMARTS) is 2. The molecule has 0 aromatic heterocycles. The van der Waals surface area contributed by atoms with E-state index in [1.807, 2.05) is 20.1 Å². The molecule has 1 aromatic carbocycles. The first-order chi connectivity index (χ1) is 42.3. The predicted octanol–water partition coefficient (Wildman–Crippen LogP) is -2.93. The van der Waals surface area contributed by atoms with E-state index in [0.717, 1.165) is 0 Å². The van der Waals surface area contributed by atoms with Crippen LogP contribution in [0.2, 0.25) is 0 Å². The Morgan fingerprint density at radius 1 is 0.722 bits per heavy atom. The molecule has 0 bridgehead atoms. The van der Waals surface area contributed by atoms with Crippen LogP contribution in [0.1, 0.15) is 111 Å². The lowest BCUT2D eigenvalue weighted by atomic mass is 9.97. The number of halogens is 3. The van der Waals surface area contributed by atoms with Crippen LogP contribution in [0.3, 0.4) is 0 Å². The molecule has 2 aliphatic heterocycles. The van der Waals surface area contributed by atoms with Crippen LogP contribution in [0.25, 0.3) is 0 Å². The molecule has 0 saturated carbocycles. The average molecular weight is 1300 g/mol. The molecule has 34 heteroatoms. The van der Waals surface area contributed by atoms with Gasteiger partial charge in [-0.2, -0.15) is 24.9 Å². The summed E-state index contributed by atoms with van der Waals surface area (Å²) in [5.41, 5.74) is 11.8. The third-order valence-corrected chi connectivity index (χ3v) is 14.9. The molecule has 1 aromatic rings. The van der Waals surface area contributed by atoms with Crippen molar-refractivity contribution in [2.24, 2.45) is 23.3 Å². The first-order valence-corrected chi connectivity index (χ1v) is 30.6. The number of nitrogens with zero attached hydrogens (tertiary/aromatic N) is 1. The van der Waals surface area contributed by atoms with Crippen molar-refractivity contribution in [1.82, 2.24) is 58.1 Å². The molecule has 2 heterocycles. The van der Waals surface area contributed by atoms with Gasteiger partial charge in [0, 0.05) is 19.4 Å². The van der Waals surface area contributed by atoms with Gasteiger partial charge in [-0.05, 0) is 94.2 Å². The van der Waals surface area contributed by atoms with Crippen LogP contribution in [0.4, 0.5) is 13.2 Å². The highest BCUT2D eigenvalue weighted by atomic mass is 32.2. The summed E-state index contributed by atoms with van der Waals surface area (Å²) in [4.78, 5) is 182. The number of thioether (sulfide) groups is 1. The fourth-order valence-corrected chi connectivity index (χ4v) is 9.64. The number of likely N-dealkylation sites (tertiary alicyclic amines) is 1. The molecule has 3 rings (SSSR count). The number of nitrogens with two attached hydrogens (primary N) is 2. The number of nitrogens with one attached hydrogen (secondary N) is 10. The van der Waals surface area contributed by atoms with Crippen molar-refractivity contribution in [3.8, 4) is 0 Å². The first-order valence-electron chi connectivity index (χ1n) is 29.2. The molecular weight excluding hydrogens is 1220 g/mol. The van der Waals surface area contributed by atoms with E-state index in [9.17, 15) is 85.7 Å². The number of carbonyl (C=O) groups is 14. The summed E-state index contributed by atoms with van der Waals surface area (Å²) in [6.45, 7) is 7.18. The molecule has 2 fully saturated rings. The predicted molar refractivity (Wildman–Crippen MR) is 317 cm³/mol. The largest absolute Gasteiger partial charge is 0.490 e. The van der Waals surface area contributed by atoms with Gasteiger partial charge in [-0.3, -0.25) is 62.3 Å². The van der Waals surface area contributed by atoms with Crippen molar-refractivity contribution in [2.45, 2.75) is 178 Å². The number of primary amides is 1. The highest BCUT2D eigenvalue weighted by molar-refractivity contribution is 7.98. The topological polar surface area (TPSA) is 475 Å². The fraction of sp³-hybridized carbons (Fsp3) is 0.643. The van der Waals surface area contributed by atoms with Crippen LogP contribution >= 0.6 is 11.8 Å². The highest BCUT2D eigenvalue weighted by Crippen LogP contribution is 2.22. The minimum absolute atomic E-state index is 0.0722. The molecule has 12 amide bonds. The van der Waals surface area contributed by atoms with Crippen molar-refractivity contribution in [2.75, 3.05) is 38.2 Å². The minimum atomic E-state index is -5.08. The molecule has 2 saturated heterocycles. The number of amides is 12. The number of benzene rings is 1. The van der Waals surface area contributed by atoms with Crippen LogP contribution in [0, 0.1) is 11.8 Å². The van der Waals surface area contributed by atoms with Gasteiger partial charge in [0.25, 0.3) is 0 Å². The zero-order valence-electron chi connectivity index (χ0n) is 51.0. The number of rotatable bonds is 36. The second-order valence-corrected chi connectivity index (χ2v) is 23.0. The summed E-state index contributed by atoms with van der Waals surface area (Å²) in [5.74, 6) is -13.8. The van der Waals surface area contributed by atoms with E-state index in [4.69, 9.17) is 21.4 Å². The van der Waals surface area contributed by atoms with E-state index in [-0.39, 0.29) is 76.3 Å². The van der Waals surface area contributed by atoms with Crippen molar-refractivity contribution >= 4 is 94.6 Å². The number of alkyl halides is 3. The summed E-state index contributed by atoms with van der Waals surface area (Å²) in [5, 5.41) is 52.2. The van der Waals surface area contributed by atoms with Gasteiger partial charge < -0.3 is 84.9 Å². The zero-order valence-corrected chi connectivity index (χ0v) is 51.9. The molecule has 504 valence electrons. The lowest BCUT2D eigenvalue weighted by Gasteiger charge is -2.28. The number of aliphatic hydroxyl groups excluding tert-OH is 1. The fourth-order valence-electron chi connectivity index (χ4n) is 9.16. The van der Waals surface area contributed by atoms with Gasteiger partial charge >= 0.3 is 18.1 Å². The number of aliphatic hydroxyl groups is 1. The number of carboxylic acids is 2. The number of unbranched alkanes of at least 4 members (excludes halogenated alkanes) is 1. The number of carbonyl (C=O) groups excluding carboxylic acids is 12. The van der Waals surface area contributed by atoms with Crippen LogP contribution in [0.5, 0.6) is 0 Å². The molecule has 17 N–H and O–H groups in total. The second-order valence-electron chi connectivity index (χ2n) is 22.0. The molecule has 2 aliphatic rings. The maximum atomic E-state index is 14.2. The molecule has 30 nitrogen and oxygen atoms in total. The van der Waals surface area contributed by atoms with E-state index < -0.39 is 169 Å². The lowest BCUT2D eigenvalue weighted by molar-refractivity contribution is -0.192. The second kappa shape index (κ2) is 39.1. The van der Waals surface area contributed by atoms with E-state index in [0.29, 0.717) is 30.6 Å². The van der Waals surface area contributed by atoms with Gasteiger partial charge in [-0.1, -0.05) is 64.4 Å². The first kappa shape index (κ1) is 78.0. The molecule has 0 aliphatic carbocycles. The highest BCUT2D eigenvalue weighted by Gasteiger charge is 2.42. The molecule has 0 radical (unpaired) electrons. The molecule has 11 atom stereocenters. The van der Waals surface area contributed by atoms with Crippen molar-refractivity contribution in [3.63, 3.8) is 0 Å². The van der Waals surface area contributed by atoms with E-state index >= 15 is 0 Å². The standard InChI is InChI=1S/C54H85N13O15S.C2HF3O2/c1-7-30(4)44(53(81)57-27-42(70)60-36(24-29(2)3)49(77)61-33(45(56)73)20-23-83-6)66-50(78)37(25-32-14-9-8-10-15-32)63-46(74)31(5)58-48(76)38(26-43(71)72)64-47(75)34(16-11-12-21-55)62-51(79)39(28-68)65-52(80)40-17-13-22-67(40)54(82)35-18-19-41(69)59-35;3-2(4,5)1(6)7/h8-10,14-15,29-31,33-40,44,68H,7,11-13,16-28,55H2,1-6H3,(H2,56,73)(H,57,81)(H,58,76)(H,59,69)(H,60,70)(H,61,77)(H,62,79)(H,63,74)(H,64,75)(H,65,80)(H,66,78)(H,71,72);(H,6,7)/t30-,31-,33-,34-,35-,36-,37-,38-,39-,40-,44-;/m0./s1. The van der Waals surface area contributed by atoms with Crippen LogP contribution in [-0.2, 0) is 73.5 Å². The summed E-state index contributed by atoms with van der Waals surface area (Å²) in [7, 11) is 0. The molecular formula is C56H86F3N13O17S. The molecule has 0 spiro atoms. The summed E-state index contributed by atoms with van der Waals surface area (Å²) in [6.07, 6.45) is -1.96. The summed E-state index contributed by atoms with van der Waals surface area (Å²) >= 11 is 1.46. The van der Waals surface area contributed by atoms with E-state index in [1.54, 1.807) is 44.2 Å². The van der Waals surface area contributed by atoms with Crippen molar-refractivity contribution in [3.05, 3.63) is 35.9 Å². The lowest BCUT2D eigenvalue weighted by Crippen LogP contribution is -2.61. The maximum Gasteiger partial charge on any atom is 0.490 e. The number of hydrogen-bond donors (Lipinski definition) is 15. The van der Waals surface area contributed by atoms with Gasteiger partial charge in [0.15, 0.2) is 0 Å². The van der Waals surface area contributed by atoms with E-state index in [1.165, 1.54) is 23.6 Å². The van der Waals surface area contributed by atoms with Gasteiger partial charge in [-0.25, -0.2) is 4.79 Å². The monoisotopic (exact) mass is 1300 g/mol. The van der Waals surface area contributed by atoms with Crippen molar-refractivity contribution in [1.29, 1.82) is 0 Å². The Morgan fingerprint density at radius 3 is 1.84 bits per heavy atom. The average Bonchev–Trinajstić information content (AvgIpc) is 1.87. The van der Waals surface area contributed by atoms with Gasteiger partial charge in [0.2, 0.25) is 70.9 Å². The normalized spacial score (nSPS) is 17.5. The minimum Gasteiger partial charge on any atom is -0.481 e. The Labute approximate surface area is 522 Å². The third kappa shape index (κ3) is 27.3. The quantitative estimate of drug-likeness (QED) is 0.0299. The number of aliphatic carboxylic acids is 2. The molecule has 0 unspecified atom stereocenters. The Balaban J connectivity index is 0.00000371. The van der Waals surface area contributed by atoms with Gasteiger partial charge in [-0.15, -0.1) is 0 Å². The summed E-state index contributed by atoms with van der Waals surface area (Å²) < 4.78 is 31.7. The summed E-state index contributed by atoms with van der Waals surface area (Å²) in [6, 6.07) is -4.53. The van der Waals surface area contributed by atoms with Gasteiger partial charge in [0.1, 0.15) is 60.4 Å². The SMILES string of the molecule is CC[C@H](C)[C@H](NC(=O)[C@H](Cc1ccccc1)NC(=O)[C@H](C)NC(=O)[C@H](CC(=O)O)NC(=O)[C@H](CCCCN)NC(=O)[C@H](CO)NC(=O)[C@@H]1CCCN1C(=O)[C@@H]1CCC(=O)N1)C(=O)NCC(=O)N[C@@H](CC(C)C)C(=O)N[C@@H](CCSC)C(N)=O.O=C(O)C(F)(F)F. The van der Waals surface area contributed by atoms with Gasteiger partial charge in [0.05, 0.1) is 19.6 Å². The van der Waals surface area contributed by atoms with Crippen LogP contribution in [-0.4, -0.2) is 208 Å². The van der Waals surface area contributed by atoms with Crippen molar-refractivity contribution < 1.29 is 95.6 Å². The Bertz CT molecular complexity index is 2660. The Kier molecular flexibility index (Phi) is 33.9. The smallest absolute Gasteiger partial charge is 0.481 e. The zero-order chi connectivity index (χ0) is 68.0. The van der Waals surface area contributed by atoms with Crippen LogP contribution < -0.4 is 64.6 Å².